The zero-order valence-electron chi connectivity index (χ0n) is 15.7. The van der Waals surface area contributed by atoms with Crippen molar-refractivity contribution in [1.29, 1.82) is 0 Å². The summed E-state index contributed by atoms with van der Waals surface area (Å²) in [6, 6.07) is 0. The van der Waals surface area contributed by atoms with E-state index in [9.17, 15) is 14.4 Å². The van der Waals surface area contributed by atoms with E-state index in [1.807, 2.05) is 39.8 Å². The molecule has 0 saturated heterocycles. The molecule has 0 fully saturated rings. The normalized spacial score (nSPS) is 37.2. The van der Waals surface area contributed by atoms with Crippen molar-refractivity contribution in [2.24, 2.45) is 23.7 Å². The minimum Gasteiger partial charge on any atom is -0.461 e. The number of carbonyl (C=O) groups is 3. The fourth-order valence-corrected chi connectivity index (χ4v) is 3.05. The molecule has 0 aliphatic carbocycles. The zero-order chi connectivity index (χ0) is 18.4. The summed E-state index contributed by atoms with van der Waals surface area (Å²) in [5.41, 5.74) is 0.556. The van der Waals surface area contributed by atoms with Crippen LogP contribution in [0.3, 0.4) is 0 Å². The van der Waals surface area contributed by atoms with Crippen molar-refractivity contribution in [2.75, 3.05) is 0 Å². The molecule has 1 aliphatic rings. The SMILES string of the molecule is CCC1OC(=O)C(C)C(=O)/C(C)=C/C(C)CC(C)C(=O)/C=C/C1C. The molecular weight excluding hydrogens is 304 g/mol. The first-order valence-electron chi connectivity index (χ1n) is 8.82. The smallest absolute Gasteiger partial charge is 0.316 e. The molecule has 1 aliphatic heterocycles. The van der Waals surface area contributed by atoms with E-state index in [4.69, 9.17) is 4.74 Å². The lowest BCUT2D eigenvalue weighted by Crippen LogP contribution is -2.31. The van der Waals surface area contributed by atoms with Gasteiger partial charge in [0.1, 0.15) is 12.0 Å². The Bertz CT molecular complexity index is 544. The topological polar surface area (TPSA) is 60.4 Å². The van der Waals surface area contributed by atoms with E-state index in [2.05, 4.69) is 0 Å². The van der Waals surface area contributed by atoms with Gasteiger partial charge in [-0.3, -0.25) is 14.4 Å². The molecule has 0 aromatic carbocycles. The molecule has 0 bridgehead atoms. The Morgan fingerprint density at radius 2 is 1.75 bits per heavy atom. The van der Waals surface area contributed by atoms with Gasteiger partial charge in [-0.1, -0.05) is 39.8 Å². The summed E-state index contributed by atoms with van der Waals surface area (Å²) in [7, 11) is 0. The van der Waals surface area contributed by atoms with Crippen LogP contribution in [0.15, 0.2) is 23.8 Å². The van der Waals surface area contributed by atoms with Crippen molar-refractivity contribution in [1.82, 2.24) is 0 Å². The van der Waals surface area contributed by atoms with Crippen LogP contribution in [0.4, 0.5) is 0 Å². The number of ether oxygens (including phenoxy) is 1. The third kappa shape index (κ3) is 5.43. The first kappa shape index (κ1) is 20.3. The van der Waals surface area contributed by atoms with E-state index in [1.165, 1.54) is 0 Å². The number of rotatable bonds is 1. The molecule has 0 radical (unpaired) electrons. The first-order chi connectivity index (χ1) is 11.2. The Kier molecular flexibility index (Phi) is 7.59. The number of hydrogen-bond acceptors (Lipinski definition) is 4. The Morgan fingerprint density at radius 1 is 1.12 bits per heavy atom. The number of Topliss-reactive ketones (excluding diaryl/α,β-unsaturated/α-hetero) is 1. The second-order valence-electron chi connectivity index (χ2n) is 7.05. The Morgan fingerprint density at radius 3 is 2.33 bits per heavy atom. The van der Waals surface area contributed by atoms with Crippen molar-refractivity contribution in [2.45, 2.75) is 60.5 Å². The molecule has 5 unspecified atom stereocenters. The van der Waals surface area contributed by atoms with Crippen LogP contribution >= 0.6 is 0 Å². The predicted molar refractivity (Wildman–Crippen MR) is 94.4 cm³/mol. The summed E-state index contributed by atoms with van der Waals surface area (Å²) in [5, 5.41) is 0. The highest BCUT2D eigenvalue weighted by molar-refractivity contribution is 6.07. The lowest BCUT2D eigenvalue weighted by molar-refractivity contribution is -0.157. The van der Waals surface area contributed by atoms with Gasteiger partial charge < -0.3 is 4.74 Å². The van der Waals surface area contributed by atoms with Gasteiger partial charge in [-0.15, -0.1) is 0 Å². The summed E-state index contributed by atoms with van der Waals surface area (Å²) in [4.78, 5) is 37.0. The highest BCUT2D eigenvalue weighted by atomic mass is 16.5. The van der Waals surface area contributed by atoms with E-state index >= 15 is 0 Å². The van der Waals surface area contributed by atoms with Crippen molar-refractivity contribution in [3.63, 3.8) is 0 Å². The average Bonchev–Trinajstić information content (AvgIpc) is 2.54. The quantitative estimate of drug-likeness (QED) is 0.539. The molecule has 134 valence electrons. The largest absolute Gasteiger partial charge is 0.461 e. The van der Waals surface area contributed by atoms with Crippen LogP contribution in [0.2, 0.25) is 0 Å². The van der Waals surface area contributed by atoms with Gasteiger partial charge in [-0.2, -0.15) is 0 Å². The molecule has 4 nitrogen and oxygen atoms in total. The molecule has 4 heteroatoms. The molecule has 0 aromatic heterocycles. The van der Waals surface area contributed by atoms with Gasteiger partial charge in [-0.05, 0) is 44.3 Å². The standard InChI is InChI=1S/C20H30O4/c1-7-18-13(3)8-9-17(21)14(4)10-12(2)11-15(5)19(22)16(6)20(23)24-18/h8-9,11-14,16,18H,7,10H2,1-6H3/b9-8+,15-11+. The molecule has 0 aromatic rings. The molecular formula is C20H30O4. The first-order valence-corrected chi connectivity index (χ1v) is 8.82. The number of allylic oxidation sites excluding steroid dienone is 3. The van der Waals surface area contributed by atoms with E-state index in [0.29, 0.717) is 18.4 Å². The van der Waals surface area contributed by atoms with Crippen LogP contribution in [0.5, 0.6) is 0 Å². The van der Waals surface area contributed by atoms with Crippen molar-refractivity contribution in [3.05, 3.63) is 23.8 Å². The van der Waals surface area contributed by atoms with Crippen LogP contribution in [0.1, 0.15) is 54.4 Å². The van der Waals surface area contributed by atoms with Gasteiger partial charge >= 0.3 is 5.97 Å². The molecule has 0 saturated carbocycles. The Balaban J connectivity index is 3.16. The van der Waals surface area contributed by atoms with Crippen LogP contribution in [-0.4, -0.2) is 23.6 Å². The fourth-order valence-electron chi connectivity index (χ4n) is 3.05. The monoisotopic (exact) mass is 334 g/mol. The maximum atomic E-state index is 12.4. The van der Waals surface area contributed by atoms with Gasteiger partial charge in [0.2, 0.25) is 0 Å². The van der Waals surface area contributed by atoms with Gasteiger partial charge in [0.15, 0.2) is 11.6 Å². The van der Waals surface area contributed by atoms with Crippen molar-refractivity contribution < 1.29 is 19.1 Å². The number of hydrogen-bond donors (Lipinski definition) is 0. The highest BCUT2D eigenvalue weighted by Crippen LogP contribution is 2.21. The van der Waals surface area contributed by atoms with Crippen molar-refractivity contribution >= 4 is 17.5 Å². The molecule has 0 amide bonds. The summed E-state index contributed by atoms with van der Waals surface area (Å²) >= 11 is 0. The minimum absolute atomic E-state index is 0.0673. The number of ketones is 2. The number of cyclic esters (lactones) is 1. The van der Waals surface area contributed by atoms with Crippen LogP contribution in [0, 0.1) is 23.7 Å². The van der Waals surface area contributed by atoms with E-state index < -0.39 is 11.9 Å². The lowest BCUT2D eigenvalue weighted by atomic mass is 9.89. The third-order valence-electron chi connectivity index (χ3n) is 4.70. The molecule has 0 N–H and O–H groups in total. The zero-order valence-corrected chi connectivity index (χ0v) is 15.7. The van der Waals surface area contributed by atoms with Crippen molar-refractivity contribution in [3.8, 4) is 0 Å². The van der Waals surface area contributed by atoms with Gasteiger partial charge in [0, 0.05) is 11.8 Å². The summed E-state index contributed by atoms with van der Waals surface area (Å²) in [5.74, 6) is -1.53. The van der Waals surface area contributed by atoms with Gasteiger partial charge in [0.25, 0.3) is 0 Å². The summed E-state index contributed by atoms with van der Waals surface area (Å²) in [6.45, 7) is 11.1. The Hall–Kier alpha value is -1.71. The van der Waals surface area contributed by atoms with Gasteiger partial charge in [-0.25, -0.2) is 0 Å². The summed E-state index contributed by atoms with van der Waals surface area (Å²) in [6.07, 6.45) is 6.25. The van der Waals surface area contributed by atoms with Crippen LogP contribution < -0.4 is 0 Å². The predicted octanol–water partition coefficient (Wildman–Crippen LogP) is 3.90. The number of carbonyl (C=O) groups excluding carboxylic acids is 3. The third-order valence-corrected chi connectivity index (χ3v) is 4.70. The van der Waals surface area contributed by atoms with E-state index in [1.54, 1.807) is 19.9 Å². The maximum Gasteiger partial charge on any atom is 0.316 e. The summed E-state index contributed by atoms with van der Waals surface area (Å²) < 4.78 is 5.53. The second-order valence-corrected chi connectivity index (χ2v) is 7.05. The molecule has 0 spiro atoms. The van der Waals surface area contributed by atoms with Crippen LogP contribution in [0.25, 0.3) is 0 Å². The molecule has 5 atom stereocenters. The minimum atomic E-state index is -0.805. The fraction of sp³-hybridized carbons (Fsp3) is 0.650. The Labute approximate surface area is 145 Å². The average molecular weight is 334 g/mol. The lowest BCUT2D eigenvalue weighted by Gasteiger charge is -2.23. The molecule has 1 heterocycles. The molecule has 24 heavy (non-hydrogen) atoms. The molecule has 1 rings (SSSR count). The van der Waals surface area contributed by atoms with E-state index in [-0.39, 0.29) is 35.4 Å². The maximum absolute atomic E-state index is 12.4. The van der Waals surface area contributed by atoms with Crippen LogP contribution in [-0.2, 0) is 19.1 Å². The van der Waals surface area contributed by atoms with Gasteiger partial charge in [0.05, 0.1) is 0 Å². The number of esters is 1. The second kappa shape index (κ2) is 8.95. The van der Waals surface area contributed by atoms with E-state index in [0.717, 1.165) is 0 Å². The highest BCUT2D eigenvalue weighted by Gasteiger charge is 2.28.